The zero-order valence-electron chi connectivity index (χ0n) is 33.4. The zero-order chi connectivity index (χ0) is 41.8. The Morgan fingerprint density at radius 1 is 0.879 bits per heavy atom. The Morgan fingerprint density at radius 3 is 2.33 bits per heavy atom. The number of hydrogen-bond donors (Lipinski definition) is 4. The molecular weight excluding hydrogens is 751 g/mol. The summed E-state index contributed by atoms with van der Waals surface area (Å²) in [5, 5.41) is 19.0. The van der Waals surface area contributed by atoms with E-state index in [1.165, 1.54) is 35.8 Å². The molecule has 58 heavy (non-hydrogen) atoms. The van der Waals surface area contributed by atoms with Crippen molar-refractivity contribution >= 4 is 41.4 Å². The largest absolute Gasteiger partial charge is 0.458 e. The molecule has 15 nitrogen and oxygen atoms in total. The van der Waals surface area contributed by atoms with Gasteiger partial charge in [0, 0.05) is 32.5 Å². The standard InChI is InChI=1S/C42H53FN6O9/c1-23-9-7-10-27(17-23)19-31(45-35(51)20-28-14-13-24(2)18-30(28)43)37(52)46-36-26(4)58-42(57)33-12-8-16-48(33)39(54)25(3)44-38(53)32-11-5-6-15-47(32)40(55)34-21-29(50)22-49(34)41(36)56/h7,9-10,13-14,17-18,25-26,29,31-34,36,50H,5-6,8,11-12,15-16,19-22H2,1-4H3,(H,44,53)(H,45,51)(H,46,52)/t25-,26-,29+,31-,32-,33-,34-,36-/m0/s1. The van der Waals surface area contributed by atoms with Crippen molar-refractivity contribution < 1.29 is 47.8 Å². The number of carbonyl (C=O) groups is 7. The van der Waals surface area contributed by atoms with Crippen molar-refractivity contribution in [2.75, 3.05) is 19.6 Å². The maximum absolute atomic E-state index is 14.8. The average molecular weight is 805 g/mol. The number of aliphatic hydroxyl groups is 1. The fourth-order valence-corrected chi connectivity index (χ4v) is 8.49. The molecular formula is C42H53FN6O9. The van der Waals surface area contributed by atoms with Crippen LogP contribution in [0.2, 0.25) is 0 Å². The number of esters is 1. The van der Waals surface area contributed by atoms with E-state index in [-0.39, 0.29) is 50.9 Å². The summed E-state index contributed by atoms with van der Waals surface area (Å²) < 4.78 is 20.6. The fourth-order valence-electron chi connectivity index (χ4n) is 8.49. The predicted molar refractivity (Wildman–Crippen MR) is 207 cm³/mol. The van der Waals surface area contributed by atoms with Gasteiger partial charge in [0.25, 0.3) is 0 Å². The highest BCUT2D eigenvalue weighted by Gasteiger charge is 2.48. The minimum absolute atomic E-state index is 0.0238. The third kappa shape index (κ3) is 9.49. The number of cyclic esters (lactones) is 1. The van der Waals surface area contributed by atoms with Gasteiger partial charge in [0.15, 0.2) is 0 Å². The molecule has 0 bridgehead atoms. The van der Waals surface area contributed by atoms with Gasteiger partial charge < -0.3 is 40.5 Å². The first-order chi connectivity index (χ1) is 27.6. The van der Waals surface area contributed by atoms with E-state index < -0.39 is 95.7 Å². The van der Waals surface area contributed by atoms with E-state index in [1.54, 1.807) is 25.1 Å². The summed E-state index contributed by atoms with van der Waals surface area (Å²) in [5.41, 5.74) is 2.36. The van der Waals surface area contributed by atoms with E-state index in [2.05, 4.69) is 16.0 Å². The Balaban J connectivity index is 1.34. The fraction of sp³-hybridized carbons (Fsp3) is 0.548. The molecule has 8 atom stereocenters. The van der Waals surface area contributed by atoms with Crippen LogP contribution in [0.15, 0.2) is 42.5 Å². The van der Waals surface area contributed by atoms with Gasteiger partial charge in [-0.3, -0.25) is 28.8 Å². The number of fused-ring (bicyclic) bond motifs is 3. The van der Waals surface area contributed by atoms with Crippen LogP contribution in [0.4, 0.5) is 4.39 Å². The lowest BCUT2D eigenvalue weighted by Crippen LogP contribution is -2.63. The molecule has 4 heterocycles. The first-order valence-electron chi connectivity index (χ1n) is 20.1. The Hall–Kier alpha value is -5.38. The topological polar surface area (TPSA) is 195 Å². The molecule has 2 aromatic rings. The van der Waals surface area contributed by atoms with Crippen molar-refractivity contribution in [3.8, 4) is 0 Å². The third-order valence-corrected chi connectivity index (χ3v) is 11.5. The molecule has 312 valence electrons. The quantitative estimate of drug-likeness (QED) is 0.295. The molecule has 0 spiro atoms. The maximum atomic E-state index is 14.8. The van der Waals surface area contributed by atoms with Crippen molar-refractivity contribution in [3.05, 3.63) is 70.5 Å². The molecule has 0 aromatic heterocycles. The van der Waals surface area contributed by atoms with Gasteiger partial charge in [-0.25, -0.2) is 9.18 Å². The summed E-state index contributed by atoms with van der Waals surface area (Å²) in [6, 6.07) is 4.60. The van der Waals surface area contributed by atoms with Crippen LogP contribution in [0.1, 0.15) is 74.6 Å². The summed E-state index contributed by atoms with van der Waals surface area (Å²) in [6.07, 6.45) is -0.718. The smallest absolute Gasteiger partial charge is 0.329 e. The van der Waals surface area contributed by atoms with Gasteiger partial charge in [0.05, 0.1) is 12.5 Å². The summed E-state index contributed by atoms with van der Waals surface area (Å²) >= 11 is 0. The number of nitrogens with zero attached hydrogens (tertiary/aromatic N) is 3. The predicted octanol–water partition coefficient (Wildman–Crippen LogP) is 0.981. The van der Waals surface area contributed by atoms with Crippen molar-refractivity contribution in [1.82, 2.24) is 30.7 Å². The minimum Gasteiger partial charge on any atom is -0.458 e. The van der Waals surface area contributed by atoms with Gasteiger partial charge in [0.2, 0.25) is 35.4 Å². The molecule has 0 radical (unpaired) electrons. The Labute approximate surface area is 337 Å². The highest BCUT2D eigenvalue weighted by atomic mass is 19.1. The molecule has 4 aliphatic heterocycles. The second-order valence-corrected chi connectivity index (χ2v) is 16.1. The second kappa shape index (κ2) is 18.0. The molecule has 4 aliphatic rings. The average Bonchev–Trinajstić information content (AvgIpc) is 3.84. The number of aliphatic hydroxyl groups excluding tert-OH is 1. The molecule has 4 fully saturated rings. The van der Waals surface area contributed by atoms with Crippen LogP contribution >= 0.6 is 0 Å². The highest BCUT2D eigenvalue weighted by molar-refractivity contribution is 5.98. The highest BCUT2D eigenvalue weighted by Crippen LogP contribution is 2.28. The van der Waals surface area contributed by atoms with Crippen molar-refractivity contribution in [1.29, 1.82) is 0 Å². The van der Waals surface area contributed by atoms with E-state index in [9.17, 15) is 43.1 Å². The van der Waals surface area contributed by atoms with Gasteiger partial charge in [-0.05, 0) is 82.6 Å². The number of aryl methyl sites for hydroxylation is 2. The van der Waals surface area contributed by atoms with Gasteiger partial charge in [0.1, 0.15) is 48.2 Å². The Kier molecular flexibility index (Phi) is 13.1. The summed E-state index contributed by atoms with van der Waals surface area (Å²) in [6.45, 7) is 6.67. The van der Waals surface area contributed by atoms with Crippen LogP contribution in [0.5, 0.6) is 0 Å². The molecule has 0 saturated carbocycles. The number of amides is 6. The first kappa shape index (κ1) is 42.2. The van der Waals surface area contributed by atoms with E-state index in [1.807, 2.05) is 19.1 Å². The molecule has 16 heteroatoms. The zero-order valence-corrected chi connectivity index (χ0v) is 33.4. The Bertz CT molecular complexity index is 1940. The van der Waals surface area contributed by atoms with E-state index in [4.69, 9.17) is 4.74 Å². The number of nitrogens with one attached hydrogen (secondary N) is 3. The lowest BCUT2D eigenvalue weighted by atomic mass is 9.98. The lowest BCUT2D eigenvalue weighted by Gasteiger charge is -2.39. The van der Waals surface area contributed by atoms with Gasteiger partial charge in [-0.1, -0.05) is 42.0 Å². The van der Waals surface area contributed by atoms with Crippen molar-refractivity contribution in [3.63, 3.8) is 0 Å². The molecule has 6 rings (SSSR count). The number of hydrogen-bond acceptors (Lipinski definition) is 9. The van der Waals surface area contributed by atoms with Crippen molar-refractivity contribution in [2.45, 2.75) is 128 Å². The Morgan fingerprint density at radius 2 is 1.59 bits per heavy atom. The number of halogens is 1. The molecule has 0 aliphatic carbocycles. The number of benzene rings is 2. The van der Waals surface area contributed by atoms with Gasteiger partial charge in [-0.15, -0.1) is 0 Å². The van der Waals surface area contributed by atoms with Crippen LogP contribution in [0, 0.1) is 19.7 Å². The van der Waals surface area contributed by atoms with E-state index in [0.717, 1.165) is 10.5 Å². The number of piperidine rings is 1. The monoisotopic (exact) mass is 804 g/mol. The second-order valence-electron chi connectivity index (χ2n) is 16.1. The summed E-state index contributed by atoms with van der Waals surface area (Å²) in [4.78, 5) is 102. The molecule has 4 N–H and O–H groups in total. The maximum Gasteiger partial charge on any atom is 0.329 e. The van der Waals surface area contributed by atoms with E-state index >= 15 is 0 Å². The normalized spacial score (nSPS) is 27.6. The molecule has 6 amide bonds. The third-order valence-electron chi connectivity index (χ3n) is 11.5. The van der Waals surface area contributed by atoms with Gasteiger partial charge in [-0.2, -0.15) is 0 Å². The summed E-state index contributed by atoms with van der Waals surface area (Å²) in [7, 11) is 0. The van der Waals surface area contributed by atoms with Crippen molar-refractivity contribution in [2.24, 2.45) is 0 Å². The van der Waals surface area contributed by atoms with Crippen LogP contribution in [-0.4, -0.2) is 129 Å². The molecule has 2 aromatic carbocycles. The summed E-state index contributed by atoms with van der Waals surface area (Å²) in [5.74, 6) is -5.33. The lowest BCUT2D eigenvalue weighted by molar-refractivity contribution is -0.163. The minimum atomic E-state index is -1.62. The molecule has 4 saturated heterocycles. The number of ether oxygens (including phenoxy) is 1. The van der Waals surface area contributed by atoms with Gasteiger partial charge >= 0.3 is 5.97 Å². The molecule has 0 unspecified atom stereocenters. The first-order valence-corrected chi connectivity index (χ1v) is 20.1. The number of carbonyl (C=O) groups excluding carboxylic acids is 7. The van der Waals surface area contributed by atoms with Crippen LogP contribution in [-0.2, 0) is 51.1 Å². The van der Waals surface area contributed by atoms with Crippen LogP contribution in [0.3, 0.4) is 0 Å². The van der Waals surface area contributed by atoms with E-state index in [0.29, 0.717) is 36.8 Å². The van der Waals surface area contributed by atoms with Crippen LogP contribution < -0.4 is 16.0 Å². The van der Waals surface area contributed by atoms with Crippen LogP contribution in [0.25, 0.3) is 0 Å². The number of rotatable bonds is 7. The SMILES string of the molecule is Cc1cccc(C[C@H](NC(=O)Cc2ccc(C)cc2F)C(=O)N[C@@H]2C(=O)N3C[C@H](O)C[C@H]3C(=O)N3CCCC[C@H]3C(=O)N[C@@H](C)C(=O)N3CCC[C@H]3C(=O)O[C@H]2C)c1.